The van der Waals surface area contributed by atoms with Crippen LogP contribution in [0.15, 0.2) is 40.7 Å². The molecule has 1 aromatic rings. The average Bonchev–Trinajstić information content (AvgIpc) is 2.83. The van der Waals surface area contributed by atoms with E-state index in [4.69, 9.17) is 23.7 Å². The van der Waals surface area contributed by atoms with E-state index in [2.05, 4.69) is 5.32 Å². The van der Waals surface area contributed by atoms with Crippen LogP contribution in [0.4, 0.5) is 0 Å². The summed E-state index contributed by atoms with van der Waals surface area (Å²) >= 11 is 0. The van der Waals surface area contributed by atoms with Crippen LogP contribution < -0.4 is 14.8 Å². The highest BCUT2D eigenvalue weighted by Crippen LogP contribution is 2.46. The number of hydrogen-bond acceptors (Lipinski definition) is 9. The number of carbonyl (C=O) groups excluding carboxylic acids is 3. The number of benzene rings is 1. The smallest absolute Gasteiger partial charge is 0.336 e. The topological polar surface area (TPSA) is 109 Å². The van der Waals surface area contributed by atoms with E-state index in [9.17, 15) is 14.4 Å². The number of esters is 2. The molecule has 9 heteroatoms. The summed E-state index contributed by atoms with van der Waals surface area (Å²) in [6, 6.07) is 5.29. The summed E-state index contributed by atoms with van der Waals surface area (Å²) < 4.78 is 26.5. The van der Waals surface area contributed by atoms with E-state index in [1.807, 2.05) is 13.8 Å². The zero-order chi connectivity index (χ0) is 25.7. The van der Waals surface area contributed by atoms with Crippen molar-refractivity contribution in [2.24, 2.45) is 11.8 Å². The lowest BCUT2D eigenvalue weighted by Gasteiger charge is -2.38. The number of dihydropyridines is 1. The largest absolute Gasteiger partial charge is 0.493 e. The molecule has 0 unspecified atom stereocenters. The first kappa shape index (κ1) is 26.3. The van der Waals surface area contributed by atoms with Crippen molar-refractivity contribution in [1.29, 1.82) is 0 Å². The van der Waals surface area contributed by atoms with Gasteiger partial charge in [-0.1, -0.05) is 13.0 Å². The maximum atomic E-state index is 13.8. The Labute approximate surface area is 205 Å². The lowest BCUT2D eigenvalue weighted by molar-refractivity contribution is -0.151. The summed E-state index contributed by atoms with van der Waals surface area (Å²) in [6.07, 6.45) is 0.453. The fourth-order valence-electron chi connectivity index (χ4n) is 4.72. The van der Waals surface area contributed by atoms with Crippen molar-refractivity contribution >= 4 is 17.7 Å². The van der Waals surface area contributed by atoms with Crippen LogP contribution in [0, 0.1) is 11.8 Å². The lowest BCUT2D eigenvalue weighted by atomic mass is 9.69. The highest BCUT2D eigenvalue weighted by Gasteiger charge is 2.47. The first-order chi connectivity index (χ1) is 16.8. The van der Waals surface area contributed by atoms with E-state index in [1.165, 1.54) is 21.3 Å². The summed E-state index contributed by atoms with van der Waals surface area (Å²) in [4.78, 5) is 39.6. The third kappa shape index (κ3) is 5.19. The molecule has 1 aliphatic carbocycles. The van der Waals surface area contributed by atoms with Crippen molar-refractivity contribution < 1.29 is 38.1 Å². The zero-order valence-electron chi connectivity index (χ0n) is 21.1. The Bertz CT molecular complexity index is 1060. The zero-order valence-corrected chi connectivity index (χ0v) is 21.1. The van der Waals surface area contributed by atoms with Crippen LogP contribution in [0.5, 0.6) is 11.5 Å². The Morgan fingerprint density at radius 1 is 1.11 bits per heavy atom. The molecule has 3 rings (SSSR count). The first-order valence-electron chi connectivity index (χ1n) is 11.6. The van der Waals surface area contributed by atoms with Gasteiger partial charge < -0.3 is 29.0 Å². The van der Waals surface area contributed by atoms with Crippen molar-refractivity contribution in [3.05, 3.63) is 46.3 Å². The van der Waals surface area contributed by atoms with Crippen molar-refractivity contribution in [3.63, 3.8) is 0 Å². The van der Waals surface area contributed by atoms with Gasteiger partial charge in [-0.25, -0.2) is 4.79 Å². The van der Waals surface area contributed by atoms with Crippen LogP contribution in [0.25, 0.3) is 0 Å². The van der Waals surface area contributed by atoms with E-state index in [0.717, 1.165) is 0 Å². The SMILES string of the molecule is CCOc1ccc([C@@H]2C(C(=O)OCCOC)=C(C)NC3=C2C(=O)[C@@H](C(=O)OC)[C@@H](C)C3)cc1OC. The van der Waals surface area contributed by atoms with Crippen LogP contribution in [-0.2, 0) is 28.6 Å². The quantitative estimate of drug-likeness (QED) is 0.319. The van der Waals surface area contributed by atoms with Gasteiger partial charge in [0.15, 0.2) is 17.3 Å². The minimum atomic E-state index is -0.961. The first-order valence-corrected chi connectivity index (χ1v) is 11.6. The standard InChI is InChI=1S/C26H33NO8/c1-7-34-18-9-8-16(13-19(18)32-5)22-21(26(30)35-11-10-31-4)15(3)27-17-12-14(2)20(25(29)33-6)24(28)23(17)22/h8-9,13-14,20,22,27H,7,10-12H2,1-6H3/t14-,20-,22+/m0/s1. The number of carbonyl (C=O) groups is 3. The molecule has 2 aliphatic rings. The second-order valence-electron chi connectivity index (χ2n) is 8.51. The maximum absolute atomic E-state index is 13.8. The second-order valence-corrected chi connectivity index (χ2v) is 8.51. The maximum Gasteiger partial charge on any atom is 0.336 e. The van der Waals surface area contributed by atoms with Gasteiger partial charge in [0, 0.05) is 30.0 Å². The van der Waals surface area contributed by atoms with Gasteiger partial charge in [-0.15, -0.1) is 0 Å². The number of allylic oxidation sites excluding steroid dienone is 3. The van der Waals surface area contributed by atoms with Gasteiger partial charge in [-0.05, 0) is 43.9 Å². The molecule has 0 aromatic heterocycles. The van der Waals surface area contributed by atoms with Gasteiger partial charge in [-0.3, -0.25) is 9.59 Å². The molecule has 1 N–H and O–H groups in total. The molecule has 9 nitrogen and oxygen atoms in total. The number of rotatable bonds is 9. The fraction of sp³-hybridized carbons (Fsp3) is 0.500. The molecule has 0 spiro atoms. The summed E-state index contributed by atoms with van der Waals surface area (Å²) in [6.45, 7) is 6.23. The molecule has 0 radical (unpaired) electrons. The van der Waals surface area contributed by atoms with E-state index in [1.54, 1.807) is 25.1 Å². The molecule has 0 bridgehead atoms. The van der Waals surface area contributed by atoms with Crippen LogP contribution >= 0.6 is 0 Å². The predicted octanol–water partition coefficient (Wildman–Crippen LogP) is 2.90. The number of methoxy groups -OCH3 is 3. The van der Waals surface area contributed by atoms with Crippen molar-refractivity contribution in [1.82, 2.24) is 5.32 Å². The number of nitrogens with one attached hydrogen (secondary N) is 1. The third-order valence-corrected chi connectivity index (χ3v) is 6.30. The summed E-state index contributed by atoms with van der Waals surface area (Å²) in [5, 5.41) is 3.24. The molecular weight excluding hydrogens is 454 g/mol. The number of ketones is 1. The van der Waals surface area contributed by atoms with E-state index in [0.29, 0.717) is 47.1 Å². The third-order valence-electron chi connectivity index (χ3n) is 6.30. The van der Waals surface area contributed by atoms with Crippen molar-refractivity contribution in [2.75, 3.05) is 41.2 Å². The Balaban J connectivity index is 2.17. The van der Waals surface area contributed by atoms with E-state index < -0.39 is 23.8 Å². The monoisotopic (exact) mass is 487 g/mol. The second kappa shape index (κ2) is 11.4. The lowest BCUT2D eigenvalue weighted by Crippen LogP contribution is -2.43. The minimum absolute atomic E-state index is 0.0626. The number of hydrogen-bond donors (Lipinski definition) is 1. The minimum Gasteiger partial charge on any atom is -0.493 e. The Hall–Kier alpha value is -3.33. The average molecular weight is 488 g/mol. The molecule has 1 heterocycles. The Kier molecular flexibility index (Phi) is 8.56. The van der Waals surface area contributed by atoms with E-state index >= 15 is 0 Å². The van der Waals surface area contributed by atoms with E-state index in [-0.39, 0.29) is 30.5 Å². The molecular formula is C26H33NO8. The molecule has 0 fully saturated rings. The van der Waals surface area contributed by atoms with Gasteiger partial charge in [0.1, 0.15) is 12.5 Å². The molecule has 1 aromatic carbocycles. The van der Waals surface area contributed by atoms with Gasteiger partial charge >= 0.3 is 11.9 Å². The van der Waals surface area contributed by atoms with Gasteiger partial charge in [0.2, 0.25) is 0 Å². The molecule has 0 saturated carbocycles. The normalized spacial score (nSPS) is 21.8. The van der Waals surface area contributed by atoms with Gasteiger partial charge in [0.05, 0.1) is 33.0 Å². The molecule has 35 heavy (non-hydrogen) atoms. The van der Waals surface area contributed by atoms with Crippen molar-refractivity contribution in [2.45, 2.75) is 33.1 Å². The molecule has 3 atom stereocenters. The van der Waals surface area contributed by atoms with Gasteiger partial charge in [-0.2, -0.15) is 0 Å². The van der Waals surface area contributed by atoms with Crippen molar-refractivity contribution in [3.8, 4) is 11.5 Å². The highest BCUT2D eigenvalue weighted by atomic mass is 16.6. The van der Waals surface area contributed by atoms with Gasteiger partial charge in [0.25, 0.3) is 0 Å². The number of Topliss-reactive ketones (excluding diaryl/α,β-unsaturated/α-hetero) is 1. The van der Waals surface area contributed by atoms with Crippen LogP contribution in [0.1, 0.15) is 38.7 Å². The molecule has 190 valence electrons. The predicted molar refractivity (Wildman–Crippen MR) is 127 cm³/mol. The van der Waals surface area contributed by atoms with Crippen LogP contribution in [-0.4, -0.2) is 58.9 Å². The molecule has 0 saturated heterocycles. The van der Waals surface area contributed by atoms with Crippen LogP contribution in [0.3, 0.4) is 0 Å². The molecule has 0 amide bonds. The summed E-state index contributed by atoms with van der Waals surface area (Å²) in [7, 11) is 4.31. The Morgan fingerprint density at radius 3 is 2.49 bits per heavy atom. The summed E-state index contributed by atoms with van der Waals surface area (Å²) in [5.41, 5.74) is 2.56. The summed E-state index contributed by atoms with van der Waals surface area (Å²) in [5.74, 6) is -2.51. The highest BCUT2D eigenvalue weighted by molar-refractivity contribution is 6.12. The number of ether oxygens (including phenoxy) is 5. The fourth-order valence-corrected chi connectivity index (χ4v) is 4.72. The van der Waals surface area contributed by atoms with Crippen LogP contribution in [0.2, 0.25) is 0 Å². The Morgan fingerprint density at radius 2 is 1.86 bits per heavy atom. The molecule has 1 aliphatic heterocycles.